The number of halogens is 1. The summed E-state index contributed by atoms with van der Waals surface area (Å²) >= 11 is 0. The number of allylic oxidation sites excluding steroid dienone is 6. The first-order valence-corrected chi connectivity index (χ1v) is 10.4. The van der Waals surface area contributed by atoms with Crippen LogP contribution in [0.15, 0.2) is 56.9 Å². The Hall–Kier alpha value is -3.55. The van der Waals surface area contributed by atoms with Crippen LogP contribution in [0.4, 0.5) is 10.2 Å². The van der Waals surface area contributed by atoms with Crippen LogP contribution in [0.5, 0.6) is 0 Å². The Morgan fingerprint density at radius 2 is 1.97 bits per heavy atom. The molecular weight excluding hydrogens is 411 g/mol. The molecule has 2 rings (SSSR count). The van der Waals surface area contributed by atoms with Gasteiger partial charge in [-0.25, -0.2) is 9.37 Å². The molecule has 2 heterocycles. The van der Waals surface area contributed by atoms with E-state index in [2.05, 4.69) is 15.5 Å². The monoisotopic (exact) mass is 440 g/mol. The maximum Gasteiger partial charge on any atom is 0.258 e. The van der Waals surface area contributed by atoms with Gasteiger partial charge in [0.1, 0.15) is 11.6 Å². The van der Waals surface area contributed by atoms with Crippen molar-refractivity contribution in [3.05, 3.63) is 62.9 Å². The minimum atomic E-state index is -0.530. The van der Waals surface area contributed by atoms with Crippen LogP contribution in [-0.2, 0) is 11.8 Å². The third-order valence-corrected chi connectivity index (χ3v) is 5.55. The number of fused-ring (bicyclic) bond motifs is 1. The standard InChI is InChI=1S/C24H29FN4O3/c1-7-14(4)22(19(9-3)28-32)23(25)15(5)17(8-2)18-10-16-12-26-21(27-13-30)11-20(16)29(6)24(18)31/h8,10-13,32H,7,9H2,1-6H3,(H,26,27,30)/b17-8+,22-14+,23-15+,28-19+. The smallest absolute Gasteiger partial charge is 0.258 e. The summed E-state index contributed by atoms with van der Waals surface area (Å²) in [5.74, 6) is -0.207. The van der Waals surface area contributed by atoms with Crippen LogP contribution >= 0.6 is 0 Å². The highest BCUT2D eigenvalue weighted by molar-refractivity contribution is 6.04. The van der Waals surface area contributed by atoms with Crippen molar-refractivity contribution in [1.29, 1.82) is 0 Å². The molecular formula is C24H29FN4O3. The number of pyridine rings is 2. The third-order valence-electron chi connectivity index (χ3n) is 5.55. The summed E-state index contributed by atoms with van der Waals surface area (Å²) in [6, 6.07) is 3.27. The molecule has 0 bridgehead atoms. The average Bonchev–Trinajstić information content (AvgIpc) is 2.80. The number of carbonyl (C=O) groups is 1. The van der Waals surface area contributed by atoms with E-state index in [0.717, 1.165) is 5.57 Å². The topological polar surface area (TPSA) is 96.6 Å². The van der Waals surface area contributed by atoms with Gasteiger partial charge in [-0.05, 0) is 50.8 Å². The molecule has 0 aliphatic rings. The average molecular weight is 441 g/mol. The molecule has 7 nitrogen and oxygen atoms in total. The first kappa shape index (κ1) is 24.7. The number of oxime groups is 1. The lowest BCUT2D eigenvalue weighted by Gasteiger charge is -2.16. The molecule has 0 aliphatic carbocycles. The van der Waals surface area contributed by atoms with Crippen molar-refractivity contribution in [3.8, 4) is 0 Å². The van der Waals surface area contributed by atoms with Gasteiger partial charge in [0.05, 0.1) is 11.2 Å². The zero-order valence-corrected chi connectivity index (χ0v) is 19.3. The van der Waals surface area contributed by atoms with E-state index in [1.807, 2.05) is 6.92 Å². The van der Waals surface area contributed by atoms with Crippen molar-refractivity contribution < 1.29 is 14.4 Å². The molecule has 0 saturated heterocycles. The van der Waals surface area contributed by atoms with E-state index in [4.69, 9.17) is 0 Å². The molecule has 0 fully saturated rings. The molecule has 8 heteroatoms. The summed E-state index contributed by atoms with van der Waals surface area (Å²) in [4.78, 5) is 28.0. The first-order valence-electron chi connectivity index (χ1n) is 10.4. The number of aromatic nitrogens is 2. The van der Waals surface area contributed by atoms with Gasteiger partial charge in [0, 0.05) is 35.8 Å². The first-order chi connectivity index (χ1) is 15.2. The molecule has 32 heavy (non-hydrogen) atoms. The molecule has 2 aromatic heterocycles. The fourth-order valence-electron chi connectivity index (χ4n) is 3.61. The van der Waals surface area contributed by atoms with Crippen LogP contribution in [0.1, 0.15) is 53.0 Å². The number of anilines is 1. The molecule has 0 aromatic carbocycles. The van der Waals surface area contributed by atoms with Crippen LogP contribution in [0.3, 0.4) is 0 Å². The summed E-state index contributed by atoms with van der Waals surface area (Å²) in [6.45, 7) is 8.83. The number of rotatable bonds is 8. The van der Waals surface area contributed by atoms with Crippen molar-refractivity contribution in [3.63, 3.8) is 0 Å². The van der Waals surface area contributed by atoms with Gasteiger partial charge in [0.2, 0.25) is 6.41 Å². The molecule has 0 spiro atoms. The fourth-order valence-corrected chi connectivity index (χ4v) is 3.61. The van der Waals surface area contributed by atoms with Gasteiger partial charge in [-0.1, -0.05) is 30.7 Å². The minimum Gasteiger partial charge on any atom is -0.411 e. The van der Waals surface area contributed by atoms with Crippen LogP contribution in [-0.4, -0.2) is 26.9 Å². The lowest BCUT2D eigenvalue weighted by atomic mass is 9.92. The number of aryl methyl sites for hydroxylation is 1. The Morgan fingerprint density at radius 3 is 2.50 bits per heavy atom. The van der Waals surface area contributed by atoms with Crippen molar-refractivity contribution in [1.82, 2.24) is 9.55 Å². The maximum atomic E-state index is 15.8. The van der Waals surface area contributed by atoms with E-state index in [-0.39, 0.29) is 22.4 Å². The predicted octanol–water partition coefficient (Wildman–Crippen LogP) is 5.12. The Morgan fingerprint density at radius 1 is 1.28 bits per heavy atom. The van der Waals surface area contributed by atoms with Crippen LogP contribution in [0, 0.1) is 0 Å². The number of hydrogen-bond donors (Lipinski definition) is 2. The Kier molecular flexibility index (Phi) is 8.23. The second kappa shape index (κ2) is 10.7. The fraction of sp³-hybridized carbons (Fsp3) is 0.333. The van der Waals surface area contributed by atoms with Gasteiger partial charge in [-0.2, -0.15) is 0 Å². The predicted molar refractivity (Wildman–Crippen MR) is 127 cm³/mol. The zero-order valence-electron chi connectivity index (χ0n) is 19.3. The van der Waals surface area contributed by atoms with E-state index >= 15 is 4.39 Å². The molecule has 1 amide bonds. The quantitative estimate of drug-likeness (QED) is 0.196. The maximum absolute atomic E-state index is 15.8. The van der Waals surface area contributed by atoms with E-state index in [9.17, 15) is 14.8 Å². The summed E-state index contributed by atoms with van der Waals surface area (Å²) in [5.41, 5.74) is 2.56. The molecule has 0 atom stereocenters. The zero-order chi connectivity index (χ0) is 24.0. The Labute approximate surface area is 186 Å². The second-order valence-corrected chi connectivity index (χ2v) is 7.36. The molecule has 0 aliphatic heterocycles. The number of nitrogens with zero attached hydrogens (tertiary/aromatic N) is 3. The number of nitrogens with one attached hydrogen (secondary N) is 1. The summed E-state index contributed by atoms with van der Waals surface area (Å²) in [6.07, 6.45) is 4.69. The SMILES string of the molecule is C\C=C(/C(C)=C(F)\C(C(\CC)=N\O)=C(/C)CC)c1cc2cnc(NC=O)cc2n(C)c1=O. The summed E-state index contributed by atoms with van der Waals surface area (Å²) < 4.78 is 17.2. The van der Waals surface area contributed by atoms with Crippen molar-refractivity contribution in [2.75, 3.05) is 5.32 Å². The van der Waals surface area contributed by atoms with E-state index in [1.54, 1.807) is 59.1 Å². The third kappa shape index (κ3) is 4.69. The van der Waals surface area contributed by atoms with Gasteiger partial charge < -0.3 is 15.1 Å². The highest BCUT2D eigenvalue weighted by Gasteiger charge is 2.21. The Bertz CT molecular complexity index is 1220. The van der Waals surface area contributed by atoms with Gasteiger partial charge in [0.25, 0.3) is 5.56 Å². The van der Waals surface area contributed by atoms with Crippen molar-refractivity contribution >= 4 is 34.4 Å². The number of hydrogen-bond acceptors (Lipinski definition) is 5. The normalized spacial score (nSPS) is 14.2. The summed E-state index contributed by atoms with van der Waals surface area (Å²) in [5, 5.41) is 15.8. The van der Waals surface area contributed by atoms with E-state index in [1.165, 1.54) is 4.57 Å². The van der Waals surface area contributed by atoms with Crippen LogP contribution < -0.4 is 10.9 Å². The van der Waals surface area contributed by atoms with Gasteiger partial charge in [-0.15, -0.1) is 0 Å². The number of carbonyl (C=O) groups excluding carboxylic acids is 1. The second-order valence-electron chi connectivity index (χ2n) is 7.36. The van der Waals surface area contributed by atoms with Gasteiger partial charge >= 0.3 is 0 Å². The largest absolute Gasteiger partial charge is 0.411 e. The van der Waals surface area contributed by atoms with Crippen molar-refractivity contribution in [2.24, 2.45) is 12.2 Å². The molecule has 2 N–H and O–H groups in total. The van der Waals surface area contributed by atoms with Crippen LogP contribution in [0.25, 0.3) is 16.5 Å². The number of amides is 1. The van der Waals surface area contributed by atoms with E-state index < -0.39 is 5.83 Å². The van der Waals surface area contributed by atoms with Crippen molar-refractivity contribution in [2.45, 2.75) is 47.5 Å². The summed E-state index contributed by atoms with van der Waals surface area (Å²) in [7, 11) is 1.61. The lowest BCUT2D eigenvalue weighted by molar-refractivity contribution is -0.105. The molecule has 170 valence electrons. The van der Waals surface area contributed by atoms with Gasteiger partial charge in [0.15, 0.2) is 0 Å². The highest BCUT2D eigenvalue weighted by Crippen LogP contribution is 2.32. The molecule has 0 unspecified atom stereocenters. The molecule has 0 saturated carbocycles. The Balaban J connectivity index is 2.77. The lowest BCUT2D eigenvalue weighted by Crippen LogP contribution is -2.21. The molecule has 0 radical (unpaired) electrons. The van der Waals surface area contributed by atoms with Gasteiger partial charge in [-0.3, -0.25) is 9.59 Å². The van der Waals surface area contributed by atoms with Crippen LogP contribution in [0.2, 0.25) is 0 Å². The highest BCUT2D eigenvalue weighted by atomic mass is 19.1. The minimum absolute atomic E-state index is 0.252. The molecule has 2 aromatic rings. The van der Waals surface area contributed by atoms with E-state index in [0.29, 0.717) is 47.1 Å².